The number of rotatable bonds is 7. The van der Waals surface area contributed by atoms with Gasteiger partial charge < -0.3 is 15.0 Å². The second-order valence-electron chi connectivity index (χ2n) is 4.29. The highest BCUT2D eigenvalue weighted by atomic mass is 16.5. The van der Waals surface area contributed by atoms with Crippen LogP contribution in [-0.4, -0.2) is 49.1 Å². The molecule has 0 aliphatic heterocycles. The monoisotopic (exact) mass is 244 g/mol. The summed E-state index contributed by atoms with van der Waals surface area (Å²) in [5.41, 5.74) is -0.849. The van der Waals surface area contributed by atoms with E-state index >= 15 is 0 Å². The smallest absolute Gasteiger partial charge is 0.251 e. The van der Waals surface area contributed by atoms with Crippen LogP contribution in [0, 0.1) is 0 Å². The zero-order valence-corrected chi connectivity index (χ0v) is 11.5. The average Bonchev–Trinajstić information content (AvgIpc) is 2.30. The van der Waals surface area contributed by atoms with Crippen molar-refractivity contribution in [2.24, 2.45) is 0 Å². The molecule has 0 aliphatic carbocycles. The van der Waals surface area contributed by atoms with Gasteiger partial charge in [-0.2, -0.15) is 0 Å². The Balaban J connectivity index is 4.00. The van der Waals surface area contributed by atoms with Gasteiger partial charge in [0.2, 0.25) is 5.91 Å². The van der Waals surface area contributed by atoms with Crippen LogP contribution in [0.1, 0.15) is 34.1 Å². The molecule has 0 aliphatic rings. The molecule has 0 aromatic carbocycles. The lowest BCUT2D eigenvalue weighted by atomic mass is 10.1. The van der Waals surface area contributed by atoms with E-state index in [-0.39, 0.29) is 11.8 Å². The van der Waals surface area contributed by atoms with E-state index in [9.17, 15) is 9.59 Å². The lowest BCUT2D eigenvalue weighted by Gasteiger charge is -2.22. The van der Waals surface area contributed by atoms with Crippen LogP contribution in [0.2, 0.25) is 0 Å². The Morgan fingerprint density at radius 3 is 2.18 bits per heavy atom. The maximum absolute atomic E-state index is 11.6. The number of nitrogens with one attached hydrogen (secondary N) is 1. The van der Waals surface area contributed by atoms with E-state index in [0.717, 1.165) is 0 Å². The maximum Gasteiger partial charge on any atom is 0.251 e. The van der Waals surface area contributed by atoms with E-state index in [1.807, 2.05) is 13.8 Å². The number of hydrogen-bond donors (Lipinski definition) is 1. The van der Waals surface area contributed by atoms with Crippen LogP contribution in [0.5, 0.6) is 0 Å². The van der Waals surface area contributed by atoms with Gasteiger partial charge in [-0.1, -0.05) is 0 Å². The molecule has 0 fully saturated rings. The number of ether oxygens (including phenoxy) is 1. The number of methoxy groups -OCH3 is 1. The molecule has 0 spiro atoms. The molecule has 5 nitrogen and oxygen atoms in total. The average molecular weight is 244 g/mol. The van der Waals surface area contributed by atoms with Crippen molar-refractivity contribution in [1.29, 1.82) is 0 Å². The van der Waals surface area contributed by atoms with Gasteiger partial charge in [0.15, 0.2) is 0 Å². The summed E-state index contributed by atoms with van der Waals surface area (Å²) in [6.07, 6.45) is 0.327. The molecule has 1 N–H and O–H groups in total. The van der Waals surface area contributed by atoms with Crippen LogP contribution in [-0.2, 0) is 14.3 Å². The third-order valence-electron chi connectivity index (χ3n) is 2.80. The molecule has 0 atom stereocenters. The Morgan fingerprint density at radius 2 is 1.76 bits per heavy atom. The maximum atomic E-state index is 11.6. The fraction of sp³-hybridized carbons (Fsp3) is 0.833. The summed E-state index contributed by atoms with van der Waals surface area (Å²) < 4.78 is 5.04. The Labute approximate surface area is 103 Å². The number of amides is 2. The van der Waals surface area contributed by atoms with E-state index in [0.29, 0.717) is 26.1 Å². The van der Waals surface area contributed by atoms with Crippen LogP contribution >= 0.6 is 0 Å². The van der Waals surface area contributed by atoms with Gasteiger partial charge in [-0.25, -0.2) is 0 Å². The second-order valence-corrected chi connectivity index (χ2v) is 4.29. The van der Waals surface area contributed by atoms with Crippen molar-refractivity contribution in [2.45, 2.75) is 39.7 Å². The van der Waals surface area contributed by atoms with Crippen molar-refractivity contribution in [2.75, 3.05) is 26.7 Å². The zero-order chi connectivity index (χ0) is 13.5. The van der Waals surface area contributed by atoms with Crippen molar-refractivity contribution in [3.05, 3.63) is 0 Å². The molecule has 0 aromatic heterocycles. The third-order valence-corrected chi connectivity index (χ3v) is 2.80. The molecule has 5 heteroatoms. The van der Waals surface area contributed by atoms with Crippen molar-refractivity contribution in [1.82, 2.24) is 10.2 Å². The third kappa shape index (κ3) is 5.17. The fourth-order valence-corrected chi connectivity index (χ4v) is 1.32. The summed E-state index contributed by atoms with van der Waals surface area (Å²) in [6.45, 7) is 9.01. The minimum atomic E-state index is -0.849. The first kappa shape index (κ1) is 15.9. The molecule has 17 heavy (non-hydrogen) atoms. The predicted molar refractivity (Wildman–Crippen MR) is 66.6 cm³/mol. The normalized spacial score (nSPS) is 11.1. The number of hydrogen-bond acceptors (Lipinski definition) is 3. The summed E-state index contributed by atoms with van der Waals surface area (Å²) >= 11 is 0. The Morgan fingerprint density at radius 1 is 1.24 bits per heavy atom. The number of carbonyl (C=O) groups is 2. The molecule has 0 rings (SSSR count). The highest BCUT2D eigenvalue weighted by Gasteiger charge is 2.26. The molecular weight excluding hydrogens is 220 g/mol. The molecule has 0 saturated carbocycles. The van der Waals surface area contributed by atoms with E-state index in [2.05, 4.69) is 5.32 Å². The molecule has 0 saturated heterocycles. The van der Waals surface area contributed by atoms with Gasteiger partial charge in [0.05, 0.1) is 0 Å². The van der Waals surface area contributed by atoms with Crippen molar-refractivity contribution < 1.29 is 14.3 Å². The van der Waals surface area contributed by atoms with Crippen LogP contribution in [0.3, 0.4) is 0 Å². The molecule has 100 valence electrons. The minimum absolute atomic E-state index is 0.0607. The standard InChI is InChI=1S/C12H24N2O3/c1-6-14(7-2)10(15)8-9-13-11(16)12(3,4)17-5/h6-9H2,1-5H3,(H,13,16). The van der Waals surface area contributed by atoms with Crippen molar-refractivity contribution >= 4 is 11.8 Å². The predicted octanol–water partition coefficient (Wildman–Crippen LogP) is 0.786. The van der Waals surface area contributed by atoms with Gasteiger partial charge in [0.1, 0.15) is 5.60 Å². The fourth-order valence-electron chi connectivity index (χ4n) is 1.32. The summed E-state index contributed by atoms with van der Waals surface area (Å²) in [6, 6.07) is 0. The number of carbonyl (C=O) groups excluding carboxylic acids is 2. The van der Waals surface area contributed by atoms with Gasteiger partial charge in [0.25, 0.3) is 5.91 Å². The van der Waals surface area contributed by atoms with Crippen LogP contribution in [0.15, 0.2) is 0 Å². The van der Waals surface area contributed by atoms with Crippen molar-refractivity contribution in [3.8, 4) is 0 Å². The highest BCUT2D eigenvalue weighted by molar-refractivity contribution is 5.85. The Bertz CT molecular complexity index is 260. The van der Waals surface area contributed by atoms with E-state index < -0.39 is 5.60 Å². The summed E-state index contributed by atoms with van der Waals surface area (Å²) in [5.74, 6) is -0.141. The second kappa shape index (κ2) is 7.27. The van der Waals surface area contributed by atoms with E-state index in [1.54, 1.807) is 18.7 Å². The van der Waals surface area contributed by atoms with Crippen molar-refractivity contribution in [3.63, 3.8) is 0 Å². The first-order valence-electron chi connectivity index (χ1n) is 6.00. The number of nitrogens with zero attached hydrogens (tertiary/aromatic N) is 1. The van der Waals surface area contributed by atoms with Gasteiger partial charge in [-0.05, 0) is 27.7 Å². The van der Waals surface area contributed by atoms with Crippen LogP contribution in [0.25, 0.3) is 0 Å². The Hall–Kier alpha value is -1.10. The quantitative estimate of drug-likeness (QED) is 0.720. The molecule has 0 radical (unpaired) electrons. The Kier molecular flexibility index (Phi) is 6.80. The summed E-state index contributed by atoms with van der Waals surface area (Å²) in [7, 11) is 1.49. The van der Waals surface area contributed by atoms with Gasteiger partial charge in [-0.3, -0.25) is 9.59 Å². The minimum Gasteiger partial charge on any atom is -0.369 e. The highest BCUT2D eigenvalue weighted by Crippen LogP contribution is 2.06. The molecule has 0 unspecified atom stereocenters. The first-order valence-corrected chi connectivity index (χ1v) is 6.00. The summed E-state index contributed by atoms with van der Waals surface area (Å²) in [5, 5.41) is 2.70. The molecule has 0 aromatic rings. The van der Waals surface area contributed by atoms with Crippen LogP contribution < -0.4 is 5.32 Å². The van der Waals surface area contributed by atoms with Crippen LogP contribution in [0.4, 0.5) is 0 Å². The molecule has 0 heterocycles. The lowest BCUT2D eigenvalue weighted by Crippen LogP contribution is -2.44. The zero-order valence-electron chi connectivity index (χ0n) is 11.5. The largest absolute Gasteiger partial charge is 0.369 e. The molecular formula is C12H24N2O3. The first-order chi connectivity index (χ1) is 7.88. The SMILES string of the molecule is CCN(CC)C(=O)CCNC(=O)C(C)(C)OC. The van der Waals surface area contributed by atoms with E-state index in [4.69, 9.17) is 4.74 Å². The molecule has 0 bridgehead atoms. The summed E-state index contributed by atoms with van der Waals surface area (Å²) in [4.78, 5) is 25.0. The van der Waals surface area contributed by atoms with Gasteiger partial charge in [-0.15, -0.1) is 0 Å². The lowest BCUT2D eigenvalue weighted by molar-refractivity contribution is -0.139. The molecule has 2 amide bonds. The topological polar surface area (TPSA) is 58.6 Å². The van der Waals surface area contributed by atoms with Gasteiger partial charge in [0, 0.05) is 33.2 Å². The van der Waals surface area contributed by atoms with Gasteiger partial charge >= 0.3 is 0 Å². The van der Waals surface area contributed by atoms with E-state index in [1.165, 1.54) is 7.11 Å².